The van der Waals surface area contributed by atoms with Crippen molar-refractivity contribution < 1.29 is 0 Å². The van der Waals surface area contributed by atoms with Crippen LogP contribution in [0.15, 0.2) is 24.3 Å². The number of nitriles is 1. The minimum Gasteiger partial charge on any atom is -0.354 e. The van der Waals surface area contributed by atoms with Crippen molar-refractivity contribution in [2.75, 3.05) is 18.0 Å². The van der Waals surface area contributed by atoms with Gasteiger partial charge in [-0.25, -0.2) is 9.97 Å². The number of fused-ring (bicyclic) bond motifs is 1. The van der Waals surface area contributed by atoms with Crippen molar-refractivity contribution >= 4 is 5.82 Å². The summed E-state index contributed by atoms with van der Waals surface area (Å²) in [6.45, 7) is 5.76. The van der Waals surface area contributed by atoms with Crippen molar-refractivity contribution in [3.8, 4) is 6.07 Å². The van der Waals surface area contributed by atoms with E-state index in [2.05, 4.69) is 47.1 Å². The van der Waals surface area contributed by atoms with Crippen LogP contribution in [0.4, 0.5) is 5.82 Å². The van der Waals surface area contributed by atoms with Gasteiger partial charge in [-0.3, -0.25) is 0 Å². The Morgan fingerprint density at radius 2 is 1.77 bits per heavy atom. The number of hydrogen-bond acceptors (Lipinski definition) is 4. The van der Waals surface area contributed by atoms with Gasteiger partial charge in [-0.1, -0.05) is 31.2 Å². The highest BCUT2D eigenvalue weighted by atomic mass is 15.2. The Morgan fingerprint density at radius 3 is 2.32 bits per heavy atom. The highest BCUT2D eigenvalue weighted by molar-refractivity contribution is 5.52. The number of anilines is 1. The van der Waals surface area contributed by atoms with Gasteiger partial charge in [0.25, 0.3) is 0 Å². The summed E-state index contributed by atoms with van der Waals surface area (Å²) in [6.07, 6.45) is 2.81. The number of aryl methyl sites for hydroxylation is 2. The van der Waals surface area contributed by atoms with Gasteiger partial charge in [0.2, 0.25) is 0 Å². The first-order valence-electron chi connectivity index (χ1n) is 7.82. The number of hydrogen-bond donors (Lipinski definition) is 0. The maximum absolute atomic E-state index is 9.40. The van der Waals surface area contributed by atoms with Crippen molar-refractivity contribution in [2.45, 2.75) is 33.1 Å². The second-order valence-corrected chi connectivity index (χ2v) is 5.65. The molecule has 0 amide bonds. The monoisotopic (exact) mass is 292 g/mol. The van der Waals surface area contributed by atoms with E-state index >= 15 is 0 Å². The minimum atomic E-state index is 0.445. The molecule has 22 heavy (non-hydrogen) atoms. The molecule has 0 bridgehead atoms. The van der Waals surface area contributed by atoms with E-state index in [9.17, 15) is 5.26 Å². The predicted octanol–water partition coefficient (Wildman–Crippen LogP) is 2.82. The predicted molar refractivity (Wildman–Crippen MR) is 86.9 cm³/mol. The fourth-order valence-corrected chi connectivity index (χ4v) is 3.05. The van der Waals surface area contributed by atoms with Gasteiger partial charge in [0.1, 0.15) is 6.07 Å². The van der Waals surface area contributed by atoms with Crippen LogP contribution < -0.4 is 4.90 Å². The van der Waals surface area contributed by atoms with Crippen molar-refractivity contribution in [3.05, 3.63) is 52.5 Å². The molecule has 4 nitrogen and oxygen atoms in total. The Labute approximate surface area is 131 Å². The van der Waals surface area contributed by atoms with E-state index in [0.717, 1.165) is 49.6 Å². The molecule has 1 aliphatic rings. The molecule has 0 aliphatic carbocycles. The van der Waals surface area contributed by atoms with Crippen LogP contribution in [0, 0.1) is 18.3 Å². The molecule has 3 rings (SSSR count). The summed E-state index contributed by atoms with van der Waals surface area (Å²) in [5, 5.41) is 9.40. The Bertz CT molecular complexity index is 703. The zero-order chi connectivity index (χ0) is 15.5. The standard InChI is InChI=1S/C18H20N4/c1-3-16-13(2)20-17(12-19)18(21-16)22-10-8-14-6-4-5-7-15(14)9-11-22/h4-7H,3,8-11H2,1-2H3. The third kappa shape index (κ3) is 2.67. The summed E-state index contributed by atoms with van der Waals surface area (Å²) in [5.41, 5.74) is 5.09. The summed E-state index contributed by atoms with van der Waals surface area (Å²) >= 11 is 0. The van der Waals surface area contributed by atoms with Crippen LogP contribution in [-0.4, -0.2) is 23.1 Å². The highest BCUT2D eigenvalue weighted by Gasteiger charge is 2.20. The van der Waals surface area contributed by atoms with Gasteiger partial charge in [0, 0.05) is 13.1 Å². The third-order valence-electron chi connectivity index (χ3n) is 4.31. The first-order valence-corrected chi connectivity index (χ1v) is 7.82. The van der Waals surface area contributed by atoms with Gasteiger partial charge in [0.15, 0.2) is 11.5 Å². The normalized spacial score (nSPS) is 14.1. The minimum absolute atomic E-state index is 0.445. The summed E-state index contributed by atoms with van der Waals surface area (Å²) in [4.78, 5) is 11.4. The third-order valence-corrected chi connectivity index (χ3v) is 4.31. The molecule has 0 unspecified atom stereocenters. The molecule has 112 valence electrons. The van der Waals surface area contributed by atoms with E-state index in [1.807, 2.05) is 6.92 Å². The molecule has 1 aromatic heterocycles. The SMILES string of the molecule is CCc1nc(N2CCc3ccccc3CC2)c(C#N)nc1C. The number of benzene rings is 1. The van der Waals surface area contributed by atoms with E-state index in [1.54, 1.807) is 0 Å². The van der Waals surface area contributed by atoms with Crippen molar-refractivity contribution in [1.29, 1.82) is 5.26 Å². The molecule has 0 atom stereocenters. The van der Waals surface area contributed by atoms with Crippen LogP contribution >= 0.6 is 0 Å². The molecule has 0 N–H and O–H groups in total. The number of rotatable bonds is 2. The molecule has 2 aromatic rings. The van der Waals surface area contributed by atoms with Crippen LogP contribution in [0.2, 0.25) is 0 Å². The molecular formula is C18H20N4. The molecule has 0 fully saturated rings. The number of nitrogens with zero attached hydrogens (tertiary/aromatic N) is 4. The van der Waals surface area contributed by atoms with Gasteiger partial charge in [-0.05, 0) is 37.3 Å². The molecule has 0 spiro atoms. The van der Waals surface area contributed by atoms with E-state index in [-0.39, 0.29) is 0 Å². The summed E-state index contributed by atoms with van der Waals surface area (Å²) in [6, 6.07) is 10.8. The molecule has 1 aromatic carbocycles. The maximum atomic E-state index is 9.40. The van der Waals surface area contributed by atoms with Crippen molar-refractivity contribution in [2.24, 2.45) is 0 Å². The first kappa shape index (κ1) is 14.5. The Hall–Kier alpha value is -2.41. The number of aromatic nitrogens is 2. The van der Waals surface area contributed by atoms with Crippen molar-refractivity contribution in [1.82, 2.24) is 9.97 Å². The topological polar surface area (TPSA) is 52.8 Å². The summed E-state index contributed by atoms with van der Waals surface area (Å²) < 4.78 is 0. The summed E-state index contributed by atoms with van der Waals surface area (Å²) in [5.74, 6) is 0.748. The lowest BCUT2D eigenvalue weighted by molar-refractivity contribution is 0.774. The quantitative estimate of drug-likeness (QED) is 0.854. The van der Waals surface area contributed by atoms with E-state index < -0.39 is 0 Å². The Kier molecular flexibility index (Phi) is 4.06. The largest absolute Gasteiger partial charge is 0.354 e. The van der Waals surface area contributed by atoms with Gasteiger partial charge in [0.05, 0.1) is 11.4 Å². The van der Waals surface area contributed by atoms with Gasteiger partial charge in [-0.2, -0.15) is 5.26 Å². The molecule has 0 radical (unpaired) electrons. The lowest BCUT2D eigenvalue weighted by Crippen LogP contribution is -2.28. The van der Waals surface area contributed by atoms with E-state index in [1.165, 1.54) is 11.1 Å². The first-order chi connectivity index (χ1) is 10.7. The second kappa shape index (κ2) is 6.15. The van der Waals surface area contributed by atoms with Gasteiger partial charge in [-0.15, -0.1) is 0 Å². The summed E-state index contributed by atoms with van der Waals surface area (Å²) in [7, 11) is 0. The lowest BCUT2D eigenvalue weighted by Gasteiger charge is -2.23. The fraction of sp³-hybridized carbons (Fsp3) is 0.389. The van der Waals surface area contributed by atoms with Gasteiger partial charge >= 0.3 is 0 Å². The van der Waals surface area contributed by atoms with Crippen LogP contribution in [0.3, 0.4) is 0 Å². The van der Waals surface area contributed by atoms with E-state index in [4.69, 9.17) is 4.98 Å². The van der Waals surface area contributed by atoms with Crippen molar-refractivity contribution in [3.63, 3.8) is 0 Å². The lowest BCUT2D eigenvalue weighted by atomic mass is 10.0. The van der Waals surface area contributed by atoms with Crippen LogP contribution in [0.1, 0.15) is 35.1 Å². The molecule has 0 saturated carbocycles. The second-order valence-electron chi connectivity index (χ2n) is 5.65. The Morgan fingerprint density at radius 1 is 1.14 bits per heavy atom. The zero-order valence-corrected chi connectivity index (χ0v) is 13.1. The molecule has 2 heterocycles. The van der Waals surface area contributed by atoms with Crippen LogP contribution in [-0.2, 0) is 19.3 Å². The molecule has 4 heteroatoms. The highest BCUT2D eigenvalue weighted by Crippen LogP contribution is 2.23. The van der Waals surface area contributed by atoms with E-state index in [0.29, 0.717) is 5.69 Å². The molecule has 1 aliphatic heterocycles. The Balaban J connectivity index is 1.94. The van der Waals surface area contributed by atoms with Crippen LogP contribution in [0.25, 0.3) is 0 Å². The molecular weight excluding hydrogens is 272 g/mol. The average molecular weight is 292 g/mol. The fourth-order valence-electron chi connectivity index (χ4n) is 3.05. The smallest absolute Gasteiger partial charge is 0.183 e. The van der Waals surface area contributed by atoms with Gasteiger partial charge < -0.3 is 4.90 Å². The van der Waals surface area contributed by atoms with Crippen LogP contribution in [0.5, 0.6) is 0 Å². The zero-order valence-electron chi connectivity index (χ0n) is 13.1. The average Bonchev–Trinajstić information content (AvgIpc) is 2.77. The maximum Gasteiger partial charge on any atom is 0.183 e. The molecule has 0 saturated heterocycles.